The number of benzene rings is 1. The Bertz CT molecular complexity index is 439. The number of hydrogen-bond acceptors (Lipinski definition) is 3. The van der Waals surface area contributed by atoms with Gasteiger partial charge in [0.15, 0.2) is 5.78 Å². The Hall–Kier alpha value is -1.68. The van der Waals surface area contributed by atoms with E-state index in [9.17, 15) is 9.59 Å². The summed E-state index contributed by atoms with van der Waals surface area (Å²) in [5, 5.41) is 0. The highest BCUT2D eigenvalue weighted by molar-refractivity contribution is 5.97. The maximum Gasteiger partial charge on any atom is 0.253 e. The van der Waals surface area contributed by atoms with E-state index in [0.29, 0.717) is 24.2 Å². The van der Waals surface area contributed by atoms with Gasteiger partial charge >= 0.3 is 0 Å². The third-order valence-electron chi connectivity index (χ3n) is 3.05. The standard InChI is InChI=1S/C13H16N2O2/c1-9(16)10-2-4-11(5-3-10)13(17)15-7-6-12(14)8-15/h2-5,12H,6-8,14H2,1H3/t12-/m1/s1. The molecule has 1 aromatic carbocycles. The number of Topliss-reactive ketones (excluding diaryl/α,β-unsaturated/α-hetero) is 1. The molecule has 1 aliphatic heterocycles. The highest BCUT2D eigenvalue weighted by atomic mass is 16.2. The van der Waals surface area contributed by atoms with Crippen molar-refractivity contribution in [3.05, 3.63) is 35.4 Å². The van der Waals surface area contributed by atoms with Crippen LogP contribution in [0.1, 0.15) is 34.1 Å². The van der Waals surface area contributed by atoms with Crippen LogP contribution in [0, 0.1) is 0 Å². The SMILES string of the molecule is CC(=O)c1ccc(C(=O)N2CC[C@@H](N)C2)cc1. The highest BCUT2D eigenvalue weighted by Gasteiger charge is 2.24. The van der Waals surface area contributed by atoms with Crippen LogP contribution in [0.25, 0.3) is 0 Å². The lowest BCUT2D eigenvalue weighted by molar-refractivity contribution is 0.0790. The van der Waals surface area contributed by atoms with Crippen LogP contribution in [-0.4, -0.2) is 35.7 Å². The van der Waals surface area contributed by atoms with Gasteiger partial charge in [-0.25, -0.2) is 0 Å². The Morgan fingerprint density at radius 2 is 1.82 bits per heavy atom. The quantitative estimate of drug-likeness (QED) is 0.775. The fraction of sp³-hybridized carbons (Fsp3) is 0.385. The van der Waals surface area contributed by atoms with Crippen molar-refractivity contribution in [3.8, 4) is 0 Å². The molecule has 1 amide bonds. The smallest absolute Gasteiger partial charge is 0.253 e. The van der Waals surface area contributed by atoms with Gasteiger partial charge in [0.05, 0.1) is 0 Å². The molecule has 0 saturated carbocycles. The molecule has 4 heteroatoms. The monoisotopic (exact) mass is 232 g/mol. The lowest BCUT2D eigenvalue weighted by Crippen LogP contribution is -2.31. The van der Waals surface area contributed by atoms with Gasteiger partial charge in [-0.3, -0.25) is 9.59 Å². The van der Waals surface area contributed by atoms with Crippen molar-refractivity contribution in [2.45, 2.75) is 19.4 Å². The fourth-order valence-electron chi connectivity index (χ4n) is 2.00. The summed E-state index contributed by atoms with van der Waals surface area (Å²) in [6, 6.07) is 6.86. The van der Waals surface area contributed by atoms with Gasteiger partial charge in [0, 0.05) is 30.3 Å². The van der Waals surface area contributed by atoms with Crippen LogP contribution < -0.4 is 5.73 Å². The number of hydrogen-bond donors (Lipinski definition) is 1. The molecule has 1 aliphatic rings. The number of carbonyl (C=O) groups is 2. The molecule has 0 bridgehead atoms. The van der Waals surface area contributed by atoms with E-state index in [4.69, 9.17) is 5.73 Å². The Morgan fingerprint density at radius 1 is 1.24 bits per heavy atom. The molecule has 0 aromatic heterocycles. The number of likely N-dealkylation sites (tertiary alicyclic amines) is 1. The molecule has 4 nitrogen and oxygen atoms in total. The van der Waals surface area contributed by atoms with Gasteiger partial charge in [0.2, 0.25) is 0 Å². The molecular formula is C13H16N2O2. The van der Waals surface area contributed by atoms with Crippen molar-refractivity contribution in [2.75, 3.05) is 13.1 Å². The summed E-state index contributed by atoms with van der Waals surface area (Å²) in [7, 11) is 0. The van der Waals surface area contributed by atoms with Crippen LogP contribution in [0.15, 0.2) is 24.3 Å². The predicted octanol–water partition coefficient (Wildman–Crippen LogP) is 1.06. The number of carbonyl (C=O) groups excluding carboxylic acids is 2. The van der Waals surface area contributed by atoms with E-state index in [2.05, 4.69) is 0 Å². The summed E-state index contributed by atoms with van der Waals surface area (Å²) in [6.45, 7) is 2.85. The molecule has 1 fully saturated rings. The van der Waals surface area contributed by atoms with Gasteiger partial charge in [0.25, 0.3) is 5.91 Å². The molecule has 0 unspecified atom stereocenters. The topological polar surface area (TPSA) is 63.4 Å². The van der Waals surface area contributed by atoms with Crippen LogP contribution in [0.5, 0.6) is 0 Å². The van der Waals surface area contributed by atoms with E-state index >= 15 is 0 Å². The van der Waals surface area contributed by atoms with Crippen molar-refractivity contribution in [2.24, 2.45) is 5.73 Å². The molecular weight excluding hydrogens is 216 g/mol. The van der Waals surface area contributed by atoms with E-state index in [0.717, 1.165) is 6.42 Å². The van der Waals surface area contributed by atoms with Gasteiger partial charge < -0.3 is 10.6 Å². The molecule has 0 radical (unpaired) electrons. The van der Waals surface area contributed by atoms with Crippen molar-refractivity contribution < 1.29 is 9.59 Å². The lowest BCUT2D eigenvalue weighted by Gasteiger charge is -2.15. The number of rotatable bonds is 2. The average molecular weight is 232 g/mol. The first-order valence-electron chi connectivity index (χ1n) is 5.74. The Balaban J connectivity index is 2.12. The third-order valence-corrected chi connectivity index (χ3v) is 3.05. The molecule has 2 rings (SSSR count). The fourth-order valence-corrected chi connectivity index (χ4v) is 2.00. The van der Waals surface area contributed by atoms with E-state index in [1.807, 2.05) is 0 Å². The van der Waals surface area contributed by atoms with E-state index < -0.39 is 0 Å². The molecule has 90 valence electrons. The number of nitrogens with two attached hydrogens (primary N) is 1. The van der Waals surface area contributed by atoms with Gasteiger partial charge in [0.1, 0.15) is 0 Å². The van der Waals surface area contributed by atoms with Gasteiger partial charge in [-0.05, 0) is 25.5 Å². The average Bonchev–Trinajstić information content (AvgIpc) is 2.75. The van der Waals surface area contributed by atoms with Crippen LogP contribution in [0.4, 0.5) is 0 Å². The summed E-state index contributed by atoms with van der Waals surface area (Å²) in [6.07, 6.45) is 0.858. The summed E-state index contributed by atoms with van der Waals surface area (Å²) in [5.41, 5.74) is 7.01. The minimum atomic E-state index is -0.00643. The van der Waals surface area contributed by atoms with Crippen LogP contribution in [-0.2, 0) is 0 Å². The lowest BCUT2D eigenvalue weighted by atomic mass is 10.1. The molecule has 1 heterocycles. The molecule has 17 heavy (non-hydrogen) atoms. The normalized spacial score (nSPS) is 19.4. The first-order chi connectivity index (χ1) is 8.08. The van der Waals surface area contributed by atoms with Crippen LogP contribution in [0.2, 0.25) is 0 Å². The second-order valence-corrected chi connectivity index (χ2v) is 4.43. The second-order valence-electron chi connectivity index (χ2n) is 4.43. The predicted molar refractivity (Wildman–Crippen MR) is 64.9 cm³/mol. The molecule has 0 aliphatic carbocycles. The maximum atomic E-state index is 12.1. The van der Waals surface area contributed by atoms with Gasteiger partial charge in [-0.15, -0.1) is 0 Å². The first-order valence-corrected chi connectivity index (χ1v) is 5.74. The van der Waals surface area contributed by atoms with E-state index in [1.165, 1.54) is 6.92 Å². The molecule has 1 aromatic rings. The number of nitrogens with zero attached hydrogens (tertiary/aromatic N) is 1. The first kappa shape index (κ1) is 11.8. The summed E-state index contributed by atoms with van der Waals surface area (Å²) in [5.74, 6) is 0.000228. The van der Waals surface area contributed by atoms with Crippen molar-refractivity contribution >= 4 is 11.7 Å². The molecule has 2 N–H and O–H groups in total. The summed E-state index contributed by atoms with van der Waals surface area (Å²) >= 11 is 0. The Labute approximate surface area is 100 Å². The van der Waals surface area contributed by atoms with E-state index in [1.54, 1.807) is 29.2 Å². The van der Waals surface area contributed by atoms with Gasteiger partial charge in [-0.2, -0.15) is 0 Å². The molecule has 1 atom stereocenters. The van der Waals surface area contributed by atoms with Crippen molar-refractivity contribution in [3.63, 3.8) is 0 Å². The van der Waals surface area contributed by atoms with Crippen molar-refractivity contribution in [1.29, 1.82) is 0 Å². The third kappa shape index (κ3) is 2.53. The summed E-state index contributed by atoms with van der Waals surface area (Å²) < 4.78 is 0. The maximum absolute atomic E-state index is 12.1. The number of ketones is 1. The number of amides is 1. The minimum Gasteiger partial charge on any atom is -0.337 e. The Morgan fingerprint density at radius 3 is 2.29 bits per heavy atom. The highest BCUT2D eigenvalue weighted by Crippen LogP contribution is 2.13. The van der Waals surface area contributed by atoms with Crippen LogP contribution >= 0.6 is 0 Å². The molecule has 0 spiro atoms. The minimum absolute atomic E-state index is 0.00643. The zero-order valence-corrected chi connectivity index (χ0v) is 9.85. The largest absolute Gasteiger partial charge is 0.337 e. The zero-order chi connectivity index (χ0) is 12.4. The second kappa shape index (κ2) is 4.67. The molecule has 1 saturated heterocycles. The van der Waals surface area contributed by atoms with E-state index in [-0.39, 0.29) is 17.7 Å². The Kier molecular flexibility index (Phi) is 3.24. The van der Waals surface area contributed by atoms with Crippen molar-refractivity contribution in [1.82, 2.24) is 4.90 Å². The van der Waals surface area contributed by atoms with Gasteiger partial charge in [-0.1, -0.05) is 12.1 Å². The summed E-state index contributed by atoms with van der Waals surface area (Å²) in [4.78, 5) is 24.9. The van der Waals surface area contributed by atoms with Crippen LogP contribution in [0.3, 0.4) is 0 Å². The zero-order valence-electron chi connectivity index (χ0n) is 9.85.